The first-order chi connectivity index (χ1) is 12.8. The van der Waals surface area contributed by atoms with E-state index in [4.69, 9.17) is 4.74 Å². The average Bonchev–Trinajstić information content (AvgIpc) is 3.12. The van der Waals surface area contributed by atoms with Crippen molar-refractivity contribution in [1.82, 2.24) is 15.0 Å². The van der Waals surface area contributed by atoms with Crippen LogP contribution in [0.4, 0.5) is 0 Å². The van der Waals surface area contributed by atoms with Gasteiger partial charge in [-0.3, -0.25) is 0 Å². The smallest absolute Gasteiger partial charge is 0.226 e. The van der Waals surface area contributed by atoms with Crippen molar-refractivity contribution in [2.45, 2.75) is 31.9 Å². The number of aromatic nitrogens is 3. The molecule has 26 heavy (non-hydrogen) atoms. The molecule has 134 valence electrons. The number of ether oxygens (including phenoxy) is 1. The first-order valence-corrected chi connectivity index (χ1v) is 10.0. The van der Waals surface area contributed by atoms with Crippen molar-refractivity contribution in [3.63, 3.8) is 0 Å². The summed E-state index contributed by atoms with van der Waals surface area (Å²) in [5, 5.41) is 9.67. The van der Waals surface area contributed by atoms with Crippen LogP contribution in [0.15, 0.2) is 54.6 Å². The first-order valence-electron chi connectivity index (χ1n) is 8.88. The Balaban J connectivity index is 2.08. The van der Waals surface area contributed by atoms with Crippen LogP contribution >= 0.6 is 15.9 Å². The lowest BCUT2D eigenvalue weighted by Crippen LogP contribution is -2.36. The summed E-state index contributed by atoms with van der Waals surface area (Å²) in [5.41, 5.74) is 1.91. The zero-order valence-corrected chi connectivity index (χ0v) is 16.4. The molecular formula is C21H22BrN3O. The second-order valence-electron chi connectivity index (χ2n) is 5.97. The third-order valence-corrected chi connectivity index (χ3v) is 4.71. The standard InChI is InChI=1S/C21H22BrN3O/c1-2-26-21(15-8-9-17-22,16-14-18-10-4-3-5-11-18)25-20-13-7-6-12-19(20)23-24-25/h3-7,10-13H,2,8-9,15,17H2,1H3. The fourth-order valence-corrected chi connectivity index (χ4v) is 3.31. The van der Waals surface area contributed by atoms with Crippen LogP contribution in [0, 0.1) is 11.8 Å². The summed E-state index contributed by atoms with van der Waals surface area (Å²) in [4.78, 5) is 0. The van der Waals surface area contributed by atoms with E-state index in [2.05, 4.69) is 38.1 Å². The van der Waals surface area contributed by atoms with Gasteiger partial charge >= 0.3 is 0 Å². The number of benzene rings is 2. The minimum atomic E-state index is -0.830. The SMILES string of the molecule is CCOC(C#Cc1ccccc1)(CCCCBr)n1nnc2ccccc21. The number of rotatable bonds is 7. The van der Waals surface area contributed by atoms with Gasteiger partial charge in [-0.1, -0.05) is 57.4 Å². The van der Waals surface area contributed by atoms with E-state index in [-0.39, 0.29) is 0 Å². The topological polar surface area (TPSA) is 39.9 Å². The Labute approximate surface area is 162 Å². The lowest BCUT2D eigenvalue weighted by Gasteiger charge is -2.29. The van der Waals surface area contributed by atoms with Crippen LogP contribution in [-0.2, 0) is 10.5 Å². The molecule has 0 spiro atoms. The summed E-state index contributed by atoms with van der Waals surface area (Å²) >= 11 is 3.51. The number of para-hydroxylation sites is 1. The molecule has 2 aromatic carbocycles. The van der Waals surface area contributed by atoms with E-state index >= 15 is 0 Å². The number of nitrogens with zero attached hydrogens (tertiary/aromatic N) is 3. The molecule has 0 bridgehead atoms. The van der Waals surface area contributed by atoms with Gasteiger partial charge in [0.15, 0.2) is 0 Å². The van der Waals surface area contributed by atoms with E-state index in [0.29, 0.717) is 6.61 Å². The fraction of sp³-hybridized carbons (Fsp3) is 0.333. The zero-order chi connectivity index (χ0) is 18.2. The number of unbranched alkanes of at least 4 members (excludes halogenated alkanes) is 1. The summed E-state index contributed by atoms with van der Waals surface area (Å²) in [6.45, 7) is 2.54. The van der Waals surface area contributed by atoms with Crippen molar-refractivity contribution in [3.05, 3.63) is 60.2 Å². The van der Waals surface area contributed by atoms with E-state index in [0.717, 1.165) is 41.2 Å². The summed E-state index contributed by atoms with van der Waals surface area (Å²) in [7, 11) is 0. The molecule has 4 nitrogen and oxygen atoms in total. The monoisotopic (exact) mass is 411 g/mol. The highest BCUT2D eigenvalue weighted by atomic mass is 79.9. The Morgan fingerprint density at radius 1 is 1.08 bits per heavy atom. The number of alkyl halides is 1. The molecule has 0 saturated heterocycles. The molecule has 0 N–H and O–H groups in total. The summed E-state index contributed by atoms with van der Waals surface area (Å²) in [6, 6.07) is 17.9. The van der Waals surface area contributed by atoms with Crippen LogP contribution in [0.5, 0.6) is 0 Å². The molecular weight excluding hydrogens is 390 g/mol. The molecule has 5 heteroatoms. The number of hydrogen-bond acceptors (Lipinski definition) is 3. The van der Waals surface area contributed by atoms with E-state index in [9.17, 15) is 0 Å². The third-order valence-electron chi connectivity index (χ3n) is 4.15. The van der Waals surface area contributed by atoms with Crippen LogP contribution in [0.2, 0.25) is 0 Å². The largest absolute Gasteiger partial charge is 0.344 e. The lowest BCUT2D eigenvalue weighted by atomic mass is 10.0. The van der Waals surface area contributed by atoms with Crippen molar-refractivity contribution in [1.29, 1.82) is 0 Å². The van der Waals surface area contributed by atoms with Crippen molar-refractivity contribution in [3.8, 4) is 11.8 Å². The van der Waals surface area contributed by atoms with Gasteiger partial charge in [-0.2, -0.15) is 0 Å². The normalized spacial score (nSPS) is 13.2. The molecule has 0 aliphatic carbocycles. The van der Waals surface area contributed by atoms with Crippen LogP contribution in [-0.4, -0.2) is 26.9 Å². The highest BCUT2D eigenvalue weighted by Gasteiger charge is 2.33. The summed E-state index contributed by atoms with van der Waals surface area (Å²) in [5.74, 6) is 6.65. The summed E-state index contributed by atoms with van der Waals surface area (Å²) < 4.78 is 8.07. The van der Waals surface area contributed by atoms with E-state index in [1.807, 2.05) is 66.2 Å². The predicted octanol–water partition coefficient (Wildman–Crippen LogP) is 4.74. The maximum absolute atomic E-state index is 6.22. The van der Waals surface area contributed by atoms with Crippen molar-refractivity contribution >= 4 is 27.0 Å². The van der Waals surface area contributed by atoms with Crippen LogP contribution in [0.25, 0.3) is 11.0 Å². The molecule has 0 fully saturated rings. The lowest BCUT2D eigenvalue weighted by molar-refractivity contribution is -0.0676. The zero-order valence-electron chi connectivity index (χ0n) is 14.9. The van der Waals surface area contributed by atoms with Crippen molar-refractivity contribution < 1.29 is 4.74 Å². The van der Waals surface area contributed by atoms with Crippen LogP contribution in [0.3, 0.4) is 0 Å². The van der Waals surface area contributed by atoms with Gasteiger partial charge in [0, 0.05) is 23.9 Å². The highest BCUT2D eigenvalue weighted by molar-refractivity contribution is 9.09. The van der Waals surface area contributed by atoms with Gasteiger partial charge in [0.2, 0.25) is 5.72 Å². The maximum Gasteiger partial charge on any atom is 0.226 e. The quantitative estimate of drug-likeness (QED) is 0.320. The Kier molecular flexibility index (Phi) is 6.43. The third kappa shape index (κ3) is 4.14. The van der Waals surface area contributed by atoms with Crippen LogP contribution < -0.4 is 0 Å². The van der Waals surface area contributed by atoms with Crippen molar-refractivity contribution in [2.75, 3.05) is 11.9 Å². The number of fused-ring (bicyclic) bond motifs is 1. The molecule has 1 unspecified atom stereocenters. The predicted molar refractivity (Wildman–Crippen MR) is 108 cm³/mol. The Bertz CT molecular complexity index is 898. The average molecular weight is 412 g/mol. The van der Waals surface area contributed by atoms with Gasteiger partial charge in [0.1, 0.15) is 5.52 Å². The minimum absolute atomic E-state index is 0.548. The van der Waals surface area contributed by atoms with E-state index in [1.165, 1.54) is 0 Å². The molecule has 1 heterocycles. The Hall–Kier alpha value is -2.16. The Morgan fingerprint density at radius 3 is 2.62 bits per heavy atom. The van der Waals surface area contributed by atoms with Gasteiger partial charge in [0.05, 0.1) is 5.52 Å². The first kappa shape index (κ1) is 18.6. The molecule has 0 radical (unpaired) electrons. The van der Waals surface area contributed by atoms with Gasteiger partial charge in [-0.05, 0) is 50.0 Å². The molecule has 0 aliphatic rings. The minimum Gasteiger partial charge on any atom is -0.344 e. The molecule has 3 rings (SSSR count). The number of halogens is 1. The molecule has 0 aliphatic heterocycles. The van der Waals surface area contributed by atoms with E-state index in [1.54, 1.807) is 0 Å². The van der Waals surface area contributed by atoms with Gasteiger partial charge < -0.3 is 4.74 Å². The molecule has 1 aromatic heterocycles. The molecule has 0 amide bonds. The second kappa shape index (κ2) is 8.98. The van der Waals surface area contributed by atoms with Crippen molar-refractivity contribution in [2.24, 2.45) is 0 Å². The van der Waals surface area contributed by atoms with E-state index < -0.39 is 5.72 Å². The highest BCUT2D eigenvalue weighted by Crippen LogP contribution is 2.28. The molecule has 0 saturated carbocycles. The van der Waals surface area contributed by atoms with Gasteiger partial charge in [-0.25, -0.2) is 4.68 Å². The van der Waals surface area contributed by atoms with Gasteiger partial charge in [0.25, 0.3) is 0 Å². The summed E-state index contributed by atoms with van der Waals surface area (Å²) in [6.07, 6.45) is 2.77. The molecule has 3 aromatic rings. The maximum atomic E-state index is 6.22. The Morgan fingerprint density at radius 2 is 1.85 bits per heavy atom. The fourth-order valence-electron chi connectivity index (χ4n) is 2.92. The van der Waals surface area contributed by atoms with Crippen LogP contribution in [0.1, 0.15) is 31.7 Å². The number of hydrogen-bond donors (Lipinski definition) is 0. The van der Waals surface area contributed by atoms with Gasteiger partial charge in [-0.15, -0.1) is 5.10 Å². The molecule has 1 atom stereocenters. The second-order valence-corrected chi connectivity index (χ2v) is 6.76.